The molecule has 3 rings (SSSR count). The Morgan fingerprint density at radius 2 is 1.42 bits per heavy atom. The van der Waals surface area contributed by atoms with Crippen LogP contribution in [0.15, 0.2) is 58.3 Å². The molecule has 0 unspecified atom stereocenters. The molecule has 8 heteroatoms. The average molecular weight is 348 g/mol. The zero-order valence-electron chi connectivity index (χ0n) is 12.8. The number of sulfone groups is 1. The molecule has 1 heterocycles. The van der Waals surface area contributed by atoms with Crippen LogP contribution in [-0.2, 0) is 14.6 Å². The number of morpholine rings is 1. The van der Waals surface area contributed by atoms with Gasteiger partial charge in [-0.05, 0) is 36.4 Å². The first-order valence-electron chi connectivity index (χ1n) is 7.41. The van der Waals surface area contributed by atoms with Crippen LogP contribution in [0.4, 0.5) is 11.4 Å². The standard InChI is InChI=1S/C16H16N2O5S/c19-18(20)14-3-7-16(8-4-14)24(21,22)15-5-1-13(2-6-15)17-9-11-23-12-10-17/h1-8H,9-12H2. The van der Waals surface area contributed by atoms with Crippen LogP contribution in [0.1, 0.15) is 0 Å². The van der Waals surface area contributed by atoms with E-state index in [2.05, 4.69) is 4.90 Å². The first-order chi connectivity index (χ1) is 11.5. The Morgan fingerprint density at radius 3 is 1.92 bits per heavy atom. The zero-order valence-corrected chi connectivity index (χ0v) is 13.6. The number of nitro groups is 1. The summed E-state index contributed by atoms with van der Waals surface area (Å²) in [5.74, 6) is 0. The second-order valence-electron chi connectivity index (χ2n) is 5.35. The second-order valence-corrected chi connectivity index (χ2v) is 7.30. The van der Waals surface area contributed by atoms with Crippen LogP contribution in [0.3, 0.4) is 0 Å². The number of benzene rings is 2. The van der Waals surface area contributed by atoms with E-state index in [0.717, 1.165) is 18.8 Å². The van der Waals surface area contributed by atoms with Gasteiger partial charge >= 0.3 is 0 Å². The van der Waals surface area contributed by atoms with Crippen molar-refractivity contribution in [1.82, 2.24) is 0 Å². The Hall–Kier alpha value is -2.45. The van der Waals surface area contributed by atoms with Crippen molar-refractivity contribution < 1.29 is 18.1 Å². The van der Waals surface area contributed by atoms with Gasteiger partial charge in [-0.25, -0.2) is 8.42 Å². The van der Waals surface area contributed by atoms with Crippen LogP contribution < -0.4 is 4.90 Å². The number of rotatable bonds is 4. The van der Waals surface area contributed by atoms with E-state index in [1.807, 2.05) is 0 Å². The molecule has 1 aliphatic rings. The molecule has 126 valence electrons. The van der Waals surface area contributed by atoms with Crippen molar-refractivity contribution in [1.29, 1.82) is 0 Å². The molecule has 1 fully saturated rings. The maximum Gasteiger partial charge on any atom is 0.269 e. The topological polar surface area (TPSA) is 89.8 Å². The maximum atomic E-state index is 12.6. The monoisotopic (exact) mass is 348 g/mol. The predicted octanol–water partition coefficient (Wildman–Crippen LogP) is 2.26. The third kappa shape index (κ3) is 3.24. The van der Waals surface area contributed by atoms with Gasteiger partial charge in [0.15, 0.2) is 0 Å². The van der Waals surface area contributed by atoms with E-state index in [1.54, 1.807) is 24.3 Å². The molecule has 0 bridgehead atoms. The van der Waals surface area contributed by atoms with E-state index in [0.29, 0.717) is 13.2 Å². The SMILES string of the molecule is O=[N+]([O-])c1ccc(S(=O)(=O)c2ccc(N3CCOCC3)cc2)cc1. The third-order valence-electron chi connectivity index (χ3n) is 3.88. The van der Waals surface area contributed by atoms with Crippen LogP contribution in [0, 0.1) is 10.1 Å². The first kappa shape index (κ1) is 16.4. The Morgan fingerprint density at radius 1 is 0.917 bits per heavy atom. The number of hydrogen-bond donors (Lipinski definition) is 0. The molecule has 24 heavy (non-hydrogen) atoms. The van der Waals surface area contributed by atoms with Crippen LogP contribution in [0.2, 0.25) is 0 Å². The van der Waals surface area contributed by atoms with Gasteiger partial charge in [-0.15, -0.1) is 0 Å². The average Bonchev–Trinajstić information content (AvgIpc) is 2.62. The Balaban J connectivity index is 1.85. The lowest BCUT2D eigenvalue weighted by molar-refractivity contribution is -0.384. The number of nitrogens with zero attached hydrogens (tertiary/aromatic N) is 2. The smallest absolute Gasteiger partial charge is 0.269 e. The van der Waals surface area contributed by atoms with Crippen LogP contribution in [-0.4, -0.2) is 39.6 Å². The summed E-state index contributed by atoms with van der Waals surface area (Å²) in [5, 5.41) is 10.7. The molecule has 1 saturated heterocycles. The lowest BCUT2D eigenvalue weighted by Gasteiger charge is -2.28. The van der Waals surface area contributed by atoms with E-state index >= 15 is 0 Å². The fraction of sp³-hybridized carbons (Fsp3) is 0.250. The number of anilines is 1. The van der Waals surface area contributed by atoms with Gasteiger partial charge in [0.25, 0.3) is 5.69 Å². The minimum absolute atomic E-state index is 0.0345. The van der Waals surface area contributed by atoms with E-state index < -0.39 is 14.8 Å². The third-order valence-corrected chi connectivity index (χ3v) is 5.67. The van der Waals surface area contributed by atoms with Crippen molar-refractivity contribution in [3.05, 3.63) is 58.6 Å². The fourth-order valence-electron chi connectivity index (χ4n) is 2.54. The van der Waals surface area contributed by atoms with E-state index in [4.69, 9.17) is 4.74 Å². The summed E-state index contributed by atoms with van der Waals surface area (Å²) in [6.07, 6.45) is 0. The Kier molecular flexibility index (Phi) is 4.50. The minimum atomic E-state index is -3.69. The quantitative estimate of drug-likeness (QED) is 0.622. The van der Waals surface area contributed by atoms with Crippen molar-refractivity contribution in [3.8, 4) is 0 Å². The molecule has 2 aromatic carbocycles. The Bertz CT molecular complexity index is 826. The normalized spacial score (nSPS) is 15.2. The lowest BCUT2D eigenvalue weighted by Crippen LogP contribution is -2.36. The van der Waals surface area contributed by atoms with Gasteiger partial charge in [-0.3, -0.25) is 10.1 Å². The highest BCUT2D eigenvalue weighted by molar-refractivity contribution is 7.91. The van der Waals surface area contributed by atoms with Gasteiger partial charge in [-0.1, -0.05) is 0 Å². The summed E-state index contributed by atoms with van der Waals surface area (Å²) in [5.41, 5.74) is 0.803. The van der Waals surface area contributed by atoms with Crippen molar-refractivity contribution in [2.45, 2.75) is 9.79 Å². The number of non-ortho nitro benzene ring substituents is 1. The molecular formula is C16H16N2O5S. The van der Waals surface area contributed by atoms with Crippen molar-refractivity contribution in [2.75, 3.05) is 31.2 Å². The molecule has 0 aliphatic carbocycles. The second kappa shape index (κ2) is 6.58. The molecule has 0 spiro atoms. The molecule has 2 aromatic rings. The largest absolute Gasteiger partial charge is 0.378 e. The molecule has 1 aliphatic heterocycles. The summed E-state index contributed by atoms with van der Waals surface area (Å²) in [6, 6.07) is 11.5. The van der Waals surface area contributed by atoms with E-state index in [1.165, 1.54) is 24.3 Å². The van der Waals surface area contributed by atoms with E-state index in [-0.39, 0.29) is 15.5 Å². The van der Waals surface area contributed by atoms with Gasteiger partial charge in [-0.2, -0.15) is 0 Å². The molecular weight excluding hydrogens is 332 g/mol. The summed E-state index contributed by atoms with van der Waals surface area (Å²) in [6.45, 7) is 2.86. The zero-order chi connectivity index (χ0) is 17.2. The highest BCUT2D eigenvalue weighted by Crippen LogP contribution is 2.25. The highest BCUT2D eigenvalue weighted by Gasteiger charge is 2.19. The van der Waals surface area contributed by atoms with Crippen molar-refractivity contribution in [2.24, 2.45) is 0 Å². The van der Waals surface area contributed by atoms with Crippen LogP contribution in [0.25, 0.3) is 0 Å². The van der Waals surface area contributed by atoms with Crippen molar-refractivity contribution >= 4 is 21.2 Å². The maximum absolute atomic E-state index is 12.6. The summed E-state index contributed by atoms with van der Waals surface area (Å²) in [7, 11) is -3.69. The highest BCUT2D eigenvalue weighted by atomic mass is 32.2. The van der Waals surface area contributed by atoms with E-state index in [9.17, 15) is 18.5 Å². The van der Waals surface area contributed by atoms with Gasteiger partial charge in [0, 0.05) is 30.9 Å². The molecule has 0 amide bonds. The molecule has 0 N–H and O–H groups in total. The molecule has 0 radical (unpaired) electrons. The number of hydrogen-bond acceptors (Lipinski definition) is 6. The van der Waals surface area contributed by atoms with Crippen LogP contribution in [0.5, 0.6) is 0 Å². The minimum Gasteiger partial charge on any atom is -0.378 e. The van der Waals surface area contributed by atoms with Gasteiger partial charge in [0.05, 0.1) is 27.9 Å². The number of nitro benzene ring substituents is 1. The molecule has 0 saturated carbocycles. The molecule has 7 nitrogen and oxygen atoms in total. The van der Waals surface area contributed by atoms with Crippen LogP contribution >= 0.6 is 0 Å². The summed E-state index contributed by atoms with van der Waals surface area (Å²) < 4.78 is 30.5. The predicted molar refractivity (Wildman–Crippen MR) is 88.0 cm³/mol. The molecule has 0 atom stereocenters. The van der Waals surface area contributed by atoms with Gasteiger partial charge < -0.3 is 9.64 Å². The Labute approximate surface area is 139 Å². The summed E-state index contributed by atoms with van der Waals surface area (Å²) >= 11 is 0. The van der Waals surface area contributed by atoms with Gasteiger partial charge in [0.2, 0.25) is 9.84 Å². The lowest BCUT2D eigenvalue weighted by atomic mass is 10.2. The number of ether oxygens (including phenoxy) is 1. The fourth-order valence-corrected chi connectivity index (χ4v) is 3.80. The molecule has 0 aromatic heterocycles. The van der Waals surface area contributed by atoms with Crippen molar-refractivity contribution in [3.63, 3.8) is 0 Å². The van der Waals surface area contributed by atoms with Gasteiger partial charge in [0.1, 0.15) is 0 Å². The summed E-state index contributed by atoms with van der Waals surface area (Å²) in [4.78, 5) is 12.4. The first-order valence-corrected chi connectivity index (χ1v) is 8.89.